The van der Waals surface area contributed by atoms with E-state index < -0.39 is 73.4 Å². The third-order valence-electron chi connectivity index (χ3n) is 9.64. The molecule has 17 heteroatoms. The van der Waals surface area contributed by atoms with Crippen molar-refractivity contribution in [2.45, 2.75) is 62.5 Å². The van der Waals surface area contributed by atoms with E-state index in [2.05, 4.69) is 21.1 Å². The summed E-state index contributed by atoms with van der Waals surface area (Å²) in [6.45, 7) is 0.885. The minimum absolute atomic E-state index is 0.162. The van der Waals surface area contributed by atoms with Crippen LogP contribution >= 0.6 is 11.8 Å². The first-order valence-corrected chi connectivity index (χ1v) is 19.6. The van der Waals surface area contributed by atoms with Gasteiger partial charge in [-0.1, -0.05) is 78.0 Å². The standard InChI is InChI=1S/C41H43N5O11S/c1-24(48)44-36-32(49)21-34(57-38(36)37(45-55)33(50)22-43-39(52)27-13-11-26(12-14-27)25-7-3-2-4-8-25)41(54)46(56)35(51)17-19-58-20-18-42-40(53)31-16-15-28(23-47)29-9-5-6-10-30(29)31/h2-16,23,32-38,49-51H,17-22H2,1H3,(H2-,42,43,44,48,52,53)/p+1. The van der Waals surface area contributed by atoms with Gasteiger partial charge in [-0.15, -0.1) is 0 Å². The van der Waals surface area contributed by atoms with Crippen LogP contribution < -0.4 is 16.0 Å². The van der Waals surface area contributed by atoms with Gasteiger partial charge in [-0.25, -0.2) is 4.79 Å². The second-order valence-corrected chi connectivity index (χ2v) is 14.8. The maximum atomic E-state index is 13.2. The van der Waals surface area contributed by atoms with E-state index in [1.54, 1.807) is 60.7 Å². The van der Waals surface area contributed by atoms with E-state index in [0.29, 0.717) is 27.7 Å². The molecule has 0 aliphatic carbocycles. The number of nitrogens with one attached hydrogen (secondary N) is 3. The van der Waals surface area contributed by atoms with Crippen LogP contribution in [0.4, 0.5) is 0 Å². The molecule has 0 spiro atoms. The lowest BCUT2D eigenvalue weighted by Crippen LogP contribution is -2.64. The molecule has 7 atom stereocenters. The Hall–Kier alpha value is -5.72. The van der Waals surface area contributed by atoms with Crippen molar-refractivity contribution in [1.82, 2.24) is 16.0 Å². The molecule has 16 nitrogen and oxygen atoms in total. The lowest BCUT2D eigenvalue weighted by atomic mass is 9.88. The van der Waals surface area contributed by atoms with Crippen molar-refractivity contribution in [2.24, 2.45) is 5.18 Å². The summed E-state index contributed by atoms with van der Waals surface area (Å²) in [6.07, 6.45) is -8.31. The molecule has 4 aromatic carbocycles. The summed E-state index contributed by atoms with van der Waals surface area (Å²) in [7, 11) is 0. The highest BCUT2D eigenvalue weighted by molar-refractivity contribution is 7.99. The number of aliphatic hydroxyl groups excluding tert-OH is 3. The van der Waals surface area contributed by atoms with E-state index in [-0.39, 0.29) is 34.9 Å². The Labute approximate surface area is 337 Å². The molecule has 1 aliphatic rings. The molecule has 7 unspecified atom stereocenters. The second-order valence-electron chi connectivity index (χ2n) is 13.6. The predicted octanol–water partition coefficient (Wildman–Crippen LogP) is 2.75. The molecule has 5 rings (SSSR count). The number of amides is 4. The zero-order chi connectivity index (χ0) is 41.8. The number of benzene rings is 4. The molecular formula is C41H44N5O11S+. The highest BCUT2D eigenvalue weighted by Gasteiger charge is 2.51. The van der Waals surface area contributed by atoms with Crippen LogP contribution in [0.15, 0.2) is 96.2 Å². The molecule has 4 aromatic rings. The number of hydrogen-bond donors (Lipinski definition) is 6. The zero-order valence-electron chi connectivity index (χ0n) is 31.4. The van der Waals surface area contributed by atoms with Gasteiger partial charge in [0.25, 0.3) is 11.8 Å². The fourth-order valence-electron chi connectivity index (χ4n) is 6.65. The number of nitrogens with zero attached hydrogens (tertiary/aromatic N) is 2. The van der Waals surface area contributed by atoms with Crippen molar-refractivity contribution < 1.29 is 48.8 Å². The first-order chi connectivity index (χ1) is 27.9. The molecule has 58 heavy (non-hydrogen) atoms. The van der Waals surface area contributed by atoms with Gasteiger partial charge < -0.3 is 36.0 Å². The lowest BCUT2D eigenvalue weighted by Gasteiger charge is -2.40. The maximum absolute atomic E-state index is 13.2. The number of rotatable bonds is 18. The molecule has 1 aliphatic heterocycles. The van der Waals surface area contributed by atoms with Crippen LogP contribution in [0, 0.1) is 9.81 Å². The van der Waals surface area contributed by atoms with Gasteiger partial charge in [-0.2, -0.15) is 16.7 Å². The minimum Gasteiger partial charge on any atom is -0.391 e. The van der Waals surface area contributed by atoms with Crippen LogP contribution in [-0.2, 0) is 14.3 Å². The summed E-state index contributed by atoms with van der Waals surface area (Å²) in [5, 5.41) is 44.5. The summed E-state index contributed by atoms with van der Waals surface area (Å²) in [5.41, 5.74) is 2.96. The summed E-state index contributed by atoms with van der Waals surface area (Å²) in [5.74, 6) is -2.19. The molecule has 1 fully saturated rings. The van der Waals surface area contributed by atoms with Crippen molar-refractivity contribution >= 4 is 52.4 Å². The smallest absolute Gasteiger partial charge is 0.391 e. The number of fused-ring (bicyclic) bond motifs is 1. The average Bonchev–Trinajstić information content (AvgIpc) is 3.24. The first kappa shape index (κ1) is 43.4. The number of carbonyl (C=O) groups excluding carboxylic acids is 5. The van der Waals surface area contributed by atoms with Crippen molar-refractivity contribution in [3.8, 4) is 11.1 Å². The van der Waals surface area contributed by atoms with Gasteiger partial charge in [0.2, 0.25) is 5.91 Å². The Morgan fingerprint density at radius 3 is 2.24 bits per heavy atom. The van der Waals surface area contributed by atoms with Gasteiger partial charge in [0.15, 0.2) is 12.4 Å². The molecule has 304 valence electrons. The van der Waals surface area contributed by atoms with E-state index in [1.165, 1.54) is 11.8 Å². The van der Waals surface area contributed by atoms with Gasteiger partial charge in [0, 0.05) is 59.5 Å². The Kier molecular flexibility index (Phi) is 15.4. The number of aldehydes is 1. The van der Waals surface area contributed by atoms with Gasteiger partial charge in [0.1, 0.15) is 16.9 Å². The average molecular weight is 815 g/mol. The normalized spacial score (nSPS) is 19.2. The number of thioether (sulfide) groups is 1. The Morgan fingerprint density at radius 2 is 1.57 bits per heavy atom. The summed E-state index contributed by atoms with van der Waals surface area (Å²) in [6, 6.07) is 23.3. The summed E-state index contributed by atoms with van der Waals surface area (Å²) < 4.78 is 5.57. The molecule has 0 saturated carbocycles. The third kappa shape index (κ3) is 10.8. The van der Waals surface area contributed by atoms with Crippen LogP contribution in [0.3, 0.4) is 0 Å². The van der Waals surface area contributed by atoms with Crippen molar-refractivity contribution in [3.63, 3.8) is 0 Å². The van der Waals surface area contributed by atoms with Crippen molar-refractivity contribution in [3.05, 3.63) is 117 Å². The highest BCUT2D eigenvalue weighted by Crippen LogP contribution is 2.28. The van der Waals surface area contributed by atoms with Crippen molar-refractivity contribution in [2.75, 3.05) is 24.6 Å². The molecule has 0 bridgehead atoms. The topological polar surface area (TPSA) is 241 Å². The molecule has 4 amide bonds. The van der Waals surface area contributed by atoms with E-state index in [1.807, 2.05) is 30.3 Å². The molecule has 0 radical (unpaired) electrons. The van der Waals surface area contributed by atoms with E-state index in [0.717, 1.165) is 24.3 Å². The number of aliphatic hydroxyl groups is 3. The van der Waals surface area contributed by atoms with Gasteiger partial charge in [-0.05, 0) is 40.1 Å². The van der Waals surface area contributed by atoms with Crippen LogP contribution in [-0.4, -0.2) is 117 Å². The fraction of sp³-hybridized carbons (Fsp3) is 0.341. The maximum Gasteiger partial charge on any atom is 0.464 e. The molecule has 6 N–H and O–H groups in total. The van der Waals surface area contributed by atoms with Crippen LogP contribution in [0.5, 0.6) is 0 Å². The second kappa shape index (κ2) is 20.6. The van der Waals surface area contributed by atoms with Crippen LogP contribution in [0.2, 0.25) is 0 Å². The Balaban J connectivity index is 1.12. The van der Waals surface area contributed by atoms with Crippen LogP contribution in [0.1, 0.15) is 50.8 Å². The first-order valence-electron chi connectivity index (χ1n) is 18.5. The number of hydrogen-bond acceptors (Lipinski definition) is 13. The Bertz CT molecular complexity index is 2120. The number of ether oxygens (including phenoxy) is 1. The summed E-state index contributed by atoms with van der Waals surface area (Å²) >= 11 is 1.30. The summed E-state index contributed by atoms with van der Waals surface area (Å²) in [4.78, 5) is 87.5. The van der Waals surface area contributed by atoms with Gasteiger partial charge >= 0.3 is 12.1 Å². The largest absolute Gasteiger partial charge is 0.464 e. The zero-order valence-corrected chi connectivity index (χ0v) is 32.2. The monoisotopic (exact) mass is 814 g/mol. The Morgan fingerprint density at radius 1 is 0.897 bits per heavy atom. The molecule has 1 heterocycles. The van der Waals surface area contributed by atoms with E-state index in [4.69, 9.17) is 4.74 Å². The molecule has 0 aromatic heterocycles. The van der Waals surface area contributed by atoms with Gasteiger partial charge in [-0.3, -0.25) is 19.2 Å². The third-order valence-corrected chi connectivity index (χ3v) is 10.7. The quantitative estimate of drug-likeness (QED) is 0.0280. The highest BCUT2D eigenvalue weighted by atomic mass is 32.2. The van der Waals surface area contributed by atoms with Crippen LogP contribution in [0.25, 0.3) is 21.9 Å². The van der Waals surface area contributed by atoms with Crippen molar-refractivity contribution in [1.29, 1.82) is 0 Å². The molecule has 1 saturated heterocycles. The lowest BCUT2D eigenvalue weighted by molar-refractivity contribution is -0.558. The van der Waals surface area contributed by atoms with E-state index in [9.17, 15) is 49.1 Å². The number of nitroso groups, excluding NO2 is 2. The minimum atomic E-state index is -1.81. The number of carbonyl (C=O) groups is 5. The SMILES string of the molecule is CC(=O)NC1C(O)CC(C(=O)[N+](=O)C(O)CCSCCNC(=O)c2ccc(C=O)c3ccccc23)OC1C(N=O)C(O)CNC(=O)c1ccc(-c2ccccc2)cc1. The van der Waals surface area contributed by atoms with E-state index >= 15 is 0 Å². The van der Waals surface area contributed by atoms with Gasteiger partial charge in [0.05, 0.1) is 24.7 Å². The molecular weight excluding hydrogens is 771 g/mol. The fourth-order valence-corrected chi connectivity index (χ4v) is 7.47. The predicted molar refractivity (Wildman–Crippen MR) is 215 cm³/mol.